The van der Waals surface area contributed by atoms with Gasteiger partial charge in [0.15, 0.2) is 0 Å². The SMILES string of the molecule is C=CCCN(CC=C)Cc1ccccc1O. The van der Waals surface area contributed by atoms with Gasteiger partial charge >= 0.3 is 0 Å². The monoisotopic (exact) mass is 217 g/mol. The van der Waals surface area contributed by atoms with Gasteiger partial charge in [-0.05, 0) is 12.5 Å². The van der Waals surface area contributed by atoms with E-state index in [1.54, 1.807) is 6.07 Å². The highest BCUT2D eigenvalue weighted by Gasteiger charge is 2.06. The Bertz CT molecular complexity index is 346. The second kappa shape index (κ2) is 6.85. The molecule has 0 aromatic heterocycles. The topological polar surface area (TPSA) is 23.5 Å². The fourth-order valence-corrected chi connectivity index (χ4v) is 1.58. The molecule has 86 valence electrons. The Balaban J connectivity index is 2.63. The van der Waals surface area contributed by atoms with E-state index in [1.165, 1.54) is 0 Å². The molecular weight excluding hydrogens is 198 g/mol. The lowest BCUT2D eigenvalue weighted by atomic mass is 10.2. The minimum atomic E-state index is 0.357. The highest BCUT2D eigenvalue weighted by molar-refractivity contribution is 5.31. The lowest BCUT2D eigenvalue weighted by Gasteiger charge is -2.20. The van der Waals surface area contributed by atoms with Crippen LogP contribution in [0.1, 0.15) is 12.0 Å². The van der Waals surface area contributed by atoms with Crippen LogP contribution < -0.4 is 0 Å². The molecule has 1 aromatic rings. The summed E-state index contributed by atoms with van der Waals surface area (Å²) in [6, 6.07) is 7.43. The first-order valence-electron chi connectivity index (χ1n) is 5.49. The molecule has 0 saturated carbocycles. The minimum Gasteiger partial charge on any atom is -0.508 e. The van der Waals surface area contributed by atoms with Crippen molar-refractivity contribution in [2.24, 2.45) is 0 Å². The number of hydrogen-bond acceptors (Lipinski definition) is 2. The summed E-state index contributed by atoms with van der Waals surface area (Å²) in [6.07, 6.45) is 4.73. The molecule has 2 heteroatoms. The van der Waals surface area contributed by atoms with Crippen LogP contribution in [0.3, 0.4) is 0 Å². The van der Waals surface area contributed by atoms with Crippen LogP contribution in [-0.2, 0) is 6.54 Å². The van der Waals surface area contributed by atoms with Crippen molar-refractivity contribution < 1.29 is 5.11 Å². The maximum absolute atomic E-state index is 9.68. The van der Waals surface area contributed by atoms with Gasteiger partial charge in [0.25, 0.3) is 0 Å². The van der Waals surface area contributed by atoms with E-state index >= 15 is 0 Å². The molecule has 0 aliphatic carbocycles. The Labute approximate surface area is 97.5 Å². The predicted molar refractivity (Wildman–Crippen MR) is 68.4 cm³/mol. The van der Waals surface area contributed by atoms with Crippen LogP contribution in [0.2, 0.25) is 0 Å². The molecule has 1 rings (SSSR count). The van der Waals surface area contributed by atoms with Gasteiger partial charge in [0.1, 0.15) is 5.75 Å². The molecule has 0 unspecified atom stereocenters. The summed E-state index contributed by atoms with van der Waals surface area (Å²) in [7, 11) is 0. The zero-order valence-electron chi connectivity index (χ0n) is 9.60. The van der Waals surface area contributed by atoms with Gasteiger partial charge in [0.2, 0.25) is 0 Å². The quantitative estimate of drug-likeness (QED) is 0.710. The van der Waals surface area contributed by atoms with Gasteiger partial charge in [0.05, 0.1) is 0 Å². The number of benzene rings is 1. The Kier molecular flexibility index (Phi) is 5.37. The van der Waals surface area contributed by atoms with Gasteiger partial charge in [-0.2, -0.15) is 0 Å². The number of nitrogens with zero attached hydrogens (tertiary/aromatic N) is 1. The van der Waals surface area contributed by atoms with E-state index < -0.39 is 0 Å². The van der Waals surface area contributed by atoms with E-state index in [0.717, 1.165) is 31.6 Å². The highest BCUT2D eigenvalue weighted by atomic mass is 16.3. The summed E-state index contributed by atoms with van der Waals surface area (Å²) < 4.78 is 0. The largest absolute Gasteiger partial charge is 0.508 e. The zero-order chi connectivity index (χ0) is 11.8. The van der Waals surface area contributed by atoms with Crippen molar-refractivity contribution in [2.45, 2.75) is 13.0 Å². The molecule has 16 heavy (non-hydrogen) atoms. The van der Waals surface area contributed by atoms with Crippen molar-refractivity contribution in [1.82, 2.24) is 4.90 Å². The third kappa shape index (κ3) is 3.91. The van der Waals surface area contributed by atoms with E-state index in [0.29, 0.717) is 5.75 Å². The number of aromatic hydroxyl groups is 1. The number of hydrogen-bond donors (Lipinski definition) is 1. The number of phenols is 1. The average molecular weight is 217 g/mol. The average Bonchev–Trinajstić information content (AvgIpc) is 2.29. The Hall–Kier alpha value is -1.54. The molecule has 0 bridgehead atoms. The summed E-state index contributed by atoms with van der Waals surface area (Å²) in [5, 5.41) is 9.68. The lowest BCUT2D eigenvalue weighted by molar-refractivity contribution is 0.295. The summed E-state index contributed by atoms with van der Waals surface area (Å²) in [4.78, 5) is 2.23. The van der Waals surface area contributed by atoms with Crippen molar-refractivity contribution in [1.29, 1.82) is 0 Å². The molecule has 0 radical (unpaired) electrons. The number of rotatable bonds is 7. The normalized spacial score (nSPS) is 10.3. The smallest absolute Gasteiger partial charge is 0.120 e. The molecule has 0 aliphatic rings. The third-order valence-electron chi connectivity index (χ3n) is 2.42. The van der Waals surface area contributed by atoms with E-state index in [1.807, 2.05) is 30.4 Å². The molecule has 1 N–H and O–H groups in total. The van der Waals surface area contributed by atoms with Crippen LogP contribution in [0.5, 0.6) is 5.75 Å². The van der Waals surface area contributed by atoms with Gasteiger partial charge in [-0.15, -0.1) is 13.2 Å². The van der Waals surface area contributed by atoms with Gasteiger partial charge in [-0.25, -0.2) is 0 Å². The van der Waals surface area contributed by atoms with Crippen molar-refractivity contribution in [3.8, 4) is 5.75 Å². The standard InChI is InChI=1S/C14H19NO/c1-3-5-11-15(10-4-2)12-13-8-6-7-9-14(13)16/h3-4,6-9,16H,1-2,5,10-12H2. The third-order valence-corrected chi connectivity index (χ3v) is 2.42. The summed E-state index contributed by atoms with van der Waals surface area (Å²) in [5.41, 5.74) is 0.952. The van der Waals surface area contributed by atoms with Gasteiger partial charge in [-0.1, -0.05) is 30.4 Å². The first-order valence-corrected chi connectivity index (χ1v) is 5.49. The Morgan fingerprint density at radius 2 is 1.94 bits per heavy atom. The van der Waals surface area contributed by atoms with E-state index in [4.69, 9.17) is 0 Å². The molecule has 0 spiro atoms. The molecule has 0 saturated heterocycles. The van der Waals surface area contributed by atoms with Crippen LogP contribution in [0, 0.1) is 0 Å². The van der Waals surface area contributed by atoms with Crippen LogP contribution >= 0.6 is 0 Å². The van der Waals surface area contributed by atoms with Crippen LogP contribution in [-0.4, -0.2) is 23.1 Å². The fraction of sp³-hybridized carbons (Fsp3) is 0.286. The Morgan fingerprint density at radius 3 is 2.56 bits per heavy atom. The van der Waals surface area contributed by atoms with Crippen molar-refractivity contribution in [2.75, 3.05) is 13.1 Å². The lowest BCUT2D eigenvalue weighted by Crippen LogP contribution is -2.24. The molecule has 0 fully saturated rings. The fourth-order valence-electron chi connectivity index (χ4n) is 1.58. The second-order valence-corrected chi connectivity index (χ2v) is 3.73. The van der Waals surface area contributed by atoms with E-state index in [9.17, 15) is 5.11 Å². The first-order chi connectivity index (χ1) is 7.77. The maximum Gasteiger partial charge on any atom is 0.120 e. The summed E-state index contributed by atoms with van der Waals surface area (Å²) >= 11 is 0. The van der Waals surface area contributed by atoms with Crippen LogP contribution in [0.25, 0.3) is 0 Å². The van der Waals surface area contributed by atoms with Crippen molar-refractivity contribution in [3.05, 3.63) is 55.1 Å². The van der Waals surface area contributed by atoms with Gasteiger partial charge in [-0.3, -0.25) is 4.90 Å². The maximum atomic E-state index is 9.68. The van der Waals surface area contributed by atoms with Gasteiger partial charge in [0, 0.05) is 25.2 Å². The molecular formula is C14H19NO. The Morgan fingerprint density at radius 1 is 1.19 bits per heavy atom. The van der Waals surface area contributed by atoms with E-state index in [2.05, 4.69) is 18.1 Å². The second-order valence-electron chi connectivity index (χ2n) is 3.73. The number of para-hydroxylation sites is 1. The van der Waals surface area contributed by atoms with Crippen LogP contribution in [0.15, 0.2) is 49.6 Å². The summed E-state index contributed by atoms with van der Waals surface area (Å²) in [5.74, 6) is 0.357. The molecule has 0 atom stereocenters. The molecule has 1 aromatic carbocycles. The molecule has 0 amide bonds. The molecule has 0 aliphatic heterocycles. The van der Waals surface area contributed by atoms with Crippen molar-refractivity contribution >= 4 is 0 Å². The molecule has 0 heterocycles. The first kappa shape index (κ1) is 12.5. The minimum absolute atomic E-state index is 0.357. The van der Waals surface area contributed by atoms with Crippen molar-refractivity contribution in [3.63, 3.8) is 0 Å². The molecule has 2 nitrogen and oxygen atoms in total. The van der Waals surface area contributed by atoms with Gasteiger partial charge < -0.3 is 5.11 Å². The summed E-state index contributed by atoms with van der Waals surface area (Å²) in [6.45, 7) is 9.96. The predicted octanol–water partition coefficient (Wildman–Crippen LogP) is 2.96. The number of phenolic OH excluding ortho intramolecular Hbond substituents is 1. The highest BCUT2D eigenvalue weighted by Crippen LogP contribution is 2.17. The van der Waals surface area contributed by atoms with E-state index in [-0.39, 0.29) is 0 Å². The zero-order valence-corrected chi connectivity index (χ0v) is 9.60. The van der Waals surface area contributed by atoms with Crippen LogP contribution in [0.4, 0.5) is 0 Å².